The number of rotatable bonds is 6. The predicted molar refractivity (Wildman–Crippen MR) is 132 cm³/mol. The fourth-order valence-electron chi connectivity index (χ4n) is 3.45. The van der Waals surface area contributed by atoms with Gasteiger partial charge >= 0.3 is 0 Å². The van der Waals surface area contributed by atoms with Crippen LogP contribution in [0.1, 0.15) is 22.8 Å². The first kappa shape index (κ1) is 22.5. The molecular formula is C25H20ClN3O3S. The number of allylic oxidation sites excluding steroid dienone is 1. The first-order chi connectivity index (χ1) is 15.9. The van der Waals surface area contributed by atoms with Gasteiger partial charge in [-0.1, -0.05) is 72.3 Å². The number of halogens is 1. The van der Waals surface area contributed by atoms with E-state index in [-0.39, 0.29) is 21.2 Å². The van der Waals surface area contributed by atoms with Gasteiger partial charge in [-0.25, -0.2) is 8.42 Å². The number of amides is 1. The summed E-state index contributed by atoms with van der Waals surface area (Å²) >= 11 is 6.34. The number of hydrogen-bond acceptors (Lipinski definition) is 4. The molecule has 1 amide bonds. The Morgan fingerprint density at radius 3 is 2.42 bits per heavy atom. The van der Waals surface area contributed by atoms with Gasteiger partial charge in [0.2, 0.25) is 0 Å². The zero-order valence-electron chi connectivity index (χ0n) is 17.6. The minimum absolute atomic E-state index is 0.00497. The average molecular weight is 478 g/mol. The lowest BCUT2D eigenvalue weighted by atomic mass is 10.1. The maximum atomic E-state index is 13.3. The summed E-state index contributed by atoms with van der Waals surface area (Å²) in [5.74, 6) is -0.536. The van der Waals surface area contributed by atoms with Crippen LogP contribution < -0.4 is 10.0 Å². The second kappa shape index (κ2) is 9.44. The number of hydrogen-bond donors (Lipinski definition) is 2. The Bertz CT molecular complexity index is 1460. The van der Waals surface area contributed by atoms with E-state index in [1.165, 1.54) is 24.4 Å². The lowest BCUT2D eigenvalue weighted by Crippen LogP contribution is -2.24. The Balaban J connectivity index is 1.70. The Morgan fingerprint density at radius 1 is 0.939 bits per heavy atom. The van der Waals surface area contributed by atoms with Crippen LogP contribution in [0.4, 0.5) is 5.69 Å². The molecule has 1 aromatic heterocycles. The Hall–Kier alpha value is -3.68. The molecule has 0 unspecified atom stereocenters. The highest BCUT2D eigenvalue weighted by Gasteiger charge is 2.23. The van der Waals surface area contributed by atoms with Gasteiger partial charge in [0.05, 0.1) is 21.8 Å². The van der Waals surface area contributed by atoms with Gasteiger partial charge in [0.25, 0.3) is 15.9 Å². The molecule has 0 saturated carbocycles. The summed E-state index contributed by atoms with van der Waals surface area (Å²) in [4.78, 5) is 17.4. The maximum Gasteiger partial charge on any atom is 0.264 e. The van der Waals surface area contributed by atoms with Crippen molar-refractivity contribution >= 4 is 49.8 Å². The lowest BCUT2D eigenvalue weighted by molar-refractivity contribution is 0.0974. The van der Waals surface area contributed by atoms with Gasteiger partial charge in [-0.15, -0.1) is 0 Å². The first-order valence-electron chi connectivity index (χ1n) is 10.1. The van der Waals surface area contributed by atoms with E-state index >= 15 is 0 Å². The third-order valence-electron chi connectivity index (χ3n) is 4.99. The van der Waals surface area contributed by atoms with Crippen molar-refractivity contribution in [2.45, 2.75) is 11.8 Å². The topological polar surface area (TPSA) is 88.2 Å². The largest absolute Gasteiger partial charge is 0.322 e. The number of fused-ring (bicyclic) bond motifs is 1. The molecule has 0 radical (unpaired) electrons. The molecule has 0 atom stereocenters. The number of sulfonamides is 1. The van der Waals surface area contributed by atoms with Crippen molar-refractivity contribution in [2.24, 2.45) is 0 Å². The molecule has 2 N–H and O–H groups in total. The van der Waals surface area contributed by atoms with E-state index in [0.29, 0.717) is 16.6 Å². The summed E-state index contributed by atoms with van der Waals surface area (Å²) in [5, 5.41) is 3.63. The molecule has 0 bridgehead atoms. The molecule has 0 aliphatic carbocycles. The van der Waals surface area contributed by atoms with Gasteiger partial charge in [-0.3, -0.25) is 14.5 Å². The number of aromatic nitrogens is 1. The smallest absolute Gasteiger partial charge is 0.264 e. The van der Waals surface area contributed by atoms with Crippen LogP contribution in [0, 0.1) is 0 Å². The van der Waals surface area contributed by atoms with Crippen LogP contribution >= 0.6 is 11.6 Å². The monoisotopic (exact) mass is 477 g/mol. The minimum atomic E-state index is -4.06. The average Bonchev–Trinajstić information content (AvgIpc) is 2.82. The molecule has 8 heteroatoms. The molecule has 6 nitrogen and oxygen atoms in total. The highest BCUT2D eigenvalue weighted by atomic mass is 35.5. The summed E-state index contributed by atoms with van der Waals surface area (Å²) < 4.78 is 29.0. The van der Waals surface area contributed by atoms with Crippen LogP contribution in [0.3, 0.4) is 0 Å². The number of carbonyl (C=O) groups is 1. The van der Waals surface area contributed by atoms with E-state index < -0.39 is 15.9 Å². The van der Waals surface area contributed by atoms with Crippen molar-refractivity contribution < 1.29 is 13.2 Å². The molecule has 0 aliphatic rings. The van der Waals surface area contributed by atoms with E-state index in [4.69, 9.17) is 11.6 Å². The Labute approximate surface area is 197 Å². The molecule has 4 rings (SSSR count). The van der Waals surface area contributed by atoms with Crippen molar-refractivity contribution in [2.75, 3.05) is 4.72 Å². The summed E-state index contributed by atoms with van der Waals surface area (Å²) in [5.41, 5.74) is 1.81. The van der Waals surface area contributed by atoms with Crippen LogP contribution in [0.5, 0.6) is 0 Å². The second-order valence-electron chi connectivity index (χ2n) is 7.12. The number of carbonyl (C=O) groups excluding carboxylic acids is 1. The fraction of sp³-hybridized carbons (Fsp3) is 0.0400. The summed E-state index contributed by atoms with van der Waals surface area (Å²) in [6.07, 6.45) is 3.29. The molecule has 3 aromatic carbocycles. The van der Waals surface area contributed by atoms with Crippen LogP contribution in [-0.2, 0) is 10.0 Å². The zero-order chi connectivity index (χ0) is 23.4. The van der Waals surface area contributed by atoms with E-state index in [1.807, 2.05) is 30.3 Å². The molecular weight excluding hydrogens is 458 g/mol. The van der Waals surface area contributed by atoms with E-state index in [9.17, 15) is 13.2 Å². The Kier molecular flexibility index (Phi) is 6.44. The molecule has 0 spiro atoms. The molecule has 0 fully saturated rings. The fourth-order valence-corrected chi connectivity index (χ4v) is 4.96. The quantitative estimate of drug-likeness (QED) is 0.385. The normalized spacial score (nSPS) is 11.9. The van der Waals surface area contributed by atoms with Crippen LogP contribution in [0.15, 0.2) is 96.0 Å². The second-order valence-corrected chi connectivity index (χ2v) is 9.18. The van der Waals surface area contributed by atoms with Crippen molar-refractivity contribution in [3.63, 3.8) is 0 Å². The van der Waals surface area contributed by atoms with Gasteiger partial charge < -0.3 is 5.32 Å². The van der Waals surface area contributed by atoms with Gasteiger partial charge in [-0.2, -0.15) is 0 Å². The summed E-state index contributed by atoms with van der Waals surface area (Å²) in [6.45, 7) is 1.80. The molecule has 1 heterocycles. The van der Waals surface area contributed by atoms with Crippen molar-refractivity contribution in [3.8, 4) is 0 Å². The number of para-hydroxylation sites is 1. The van der Waals surface area contributed by atoms with Crippen LogP contribution in [0.2, 0.25) is 5.02 Å². The third kappa shape index (κ3) is 4.74. The minimum Gasteiger partial charge on any atom is -0.322 e. The van der Waals surface area contributed by atoms with Gasteiger partial charge in [0.1, 0.15) is 4.90 Å². The van der Waals surface area contributed by atoms with E-state index in [0.717, 1.165) is 5.56 Å². The van der Waals surface area contributed by atoms with Crippen molar-refractivity contribution in [1.29, 1.82) is 0 Å². The van der Waals surface area contributed by atoms with E-state index in [1.54, 1.807) is 43.3 Å². The molecule has 33 heavy (non-hydrogen) atoms. The summed E-state index contributed by atoms with van der Waals surface area (Å²) in [6, 6.07) is 22.3. The van der Waals surface area contributed by atoms with E-state index in [2.05, 4.69) is 15.0 Å². The Morgan fingerprint density at radius 2 is 1.67 bits per heavy atom. The van der Waals surface area contributed by atoms with Crippen molar-refractivity contribution in [3.05, 3.63) is 107 Å². The molecule has 166 valence electrons. The number of pyridine rings is 1. The molecule has 0 saturated heterocycles. The number of anilines is 1. The summed E-state index contributed by atoms with van der Waals surface area (Å²) in [7, 11) is -4.06. The molecule has 0 aliphatic heterocycles. The van der Waals surface area contributed by atoms with Crippen LogP contribution in [0.25, 0.3) is 16.6 Å². The number of benzene rings is 3. The van der Waals surface area contributed by atoms with Gasteiger partial charge in [-0.05, 0) is 36.8 Å². The molecule has 4 aromatic rings. The third-order valence-corrected chi connectivity index (χ3v) is 6.70. The highest BCUT2D eigenvalue weighted by molar-refractivity contribution is 7.93. The first-order valence-corrected chi connectivity index (χ1v) is 11.9. The standard InChI is InChI=1S/C25H20ClN3O3S/c1-2-20(17-9-4-3-5-10-17)28-25(30)23-19(26)13-7-14-21(23)29-33(31,32)22-15-6-11-18-12-8-16-27-24(18)22/h2-16,29H,1H3,(H,28,30)/b20-2+. The lowest BCUT2D eigenvalue weighted by Gasteiger charge is -2.16. The number of nitrogens with zero attached hydrogens (tertiary/aromatic N) is 1. The van der Waals surface area contributed by atoms with Crippen molar-refractivity contribution in [1.82, 2.24) is 10.3 Å². The van der Waals surface area contributed by atoms with Gasteiger partial charge in [0.15, 0.2) is 0 Å². The zero-order valence-corrected chi connectivity index (χ0v) is 19.2. The SMILES string of the molecule is C/C=C(/NC(=O)c1c(Cl)cccc1NS(=O)(=O)c1cccc2cccnc12)c1ccccc1. The van der Waals surface area contributed by atoms with Gasteiger partial charge in [0, 0.05) is 17.3 Å². The highest BCUT2D eigenvalue weighted by Crippen LogP contribution is 2.29. The van der Waals surface area contributed by atoms with Crippen LogP contribution in [-0.4, -0.2) is 19.3 Å². The predicted octanol–water partition coefficient (Wildman–Crippen LogP) is 5.48. The number of nitrogens with one attached hydrogen (secondary N) is 2. The maximum absolute atomic E-state index is 13.3.